The fourth-order valence-electron chi connectivity index (χ4n) is 2.36. The summed E-state index contributed by atoms with van der Waals surface area (Å²) in [6.07, 6.45) is 2.57. The van der Waals surface area contributed by atoms with Crippen molar-refractivity contribution in [2.45, 2.75) is 26.8 Å². The minimum Gasteiger partial charge on any atom is -0.381 e. The highest BCUT2D eigenvalue weighted by atomic mass is 16.5. The van der Waals surface area contributed by atoms with Gasteiger partial charge in [0.2, 0.25) is 5.91 Å². The van der Waals surface area contributed by atoms with E-state index in [4.69, 9.17) is 4.74 Å². The maximum atomic E-state index is 12.1. The number of ether oxygens (including phenoxy) is 1. The minimum atomic E-state index is -0.106. The fraction of sp³-hybridized carbons (Fsp3) is 0.444. The molecule has 0 spiro atoms. The summed E-state index contributed by atoms with van der Waals surface area (Å²) in [5.74, 6) is 0.242. The highest BCUT2D eigenvalue weighted by Gasteiger charge is 2.16. The van der Waals surface area contributed by atoms with E-state index in [0.29, 0.717) is 24.6 Å². The molecule has 1 aromatic carbocycles. The van der Waals surface area contributed by atoms with Gasteiger partial charge in [0.05, 0.1) is 6.61 Å². The summed E-state index contributed by atoms with van der Waals surface area (Å²) in [4.78, 5) is 23.6. The lowest BCUT2D eigenvalue weighted by Gasteiger charge is -2.10. The monoisotopic (exact) mass is 316 g/mol. The molecule has 1 aromatic rings. The maximum absolute atomic E-state index is 12.1. The molecule has 0 aliphatic carbocycles. The van der Waals surface area contributed by atoms with Gasteiger partial charge in [0.15, 0.2) is 0 Å². The van der Waals surface area contributed by atoms with Gasteiger partial charge in [-0.1, -0.05) is 17.7 Å². The molecule has 2 amide bonds. The highest BCUT2D eigenvalue weighted by molar-refractivity contribution is 5.94. The van der Waals surface area contributed by atoms with Crippen molar-refractivity contribution >= 4 is 11.8 Å². The summed E-state index contributed by atoms with van der Waals surface area (Å²) >= 11 is 0. The van der Waals surface area contributed by atoms with Gasteiger partial charge in [0, 0.05) is 37.3 Å². The van der Waals surface area contributed by atoms with Crippen LogP contribution >= 0.6 is 0 Å². The van der Waals surface area contributed by atoms with Gasteiger partial charge in [-0.3, -0.25) is 9.59 Å². The van der Waals surface area contributed by atoms with Gasteiger partial charge < -0.3 is 15.4 Å². The molecule has 0 saturated carbocycles. The van der Waals surface area contributed by atoms with Crippen molar-refractivity contribution in [2.24, 2.45) is 5.92 Å². The van der Waals surface area contributed by atoms with Crippen molar-refractivity contribution in [1.29, 1.82) is 0 Å². The Kier molecular flexibility index (Phi) is 6.35. The lowest BCUT2D eigenvalue weighted by molar-refractivity contribution is -0.116. The summed E-state index contributed by atoms with van der Waals surface area (Å²) in [6, 6.07) is 7.28. The third-order valence-corrected chi connectivity index (χ3v) is 3.68. The lowest BCUT2D eigenvalue weighted by atomic mass is 10.1. The summed E-state index contributed by atoms with van der Waals surface area (Å²) in [5, 5.41) is 5.75. The first-order chi connectivity index (χ1) is 11.0. The van der Waals surface area contributed by atoms with E-state index < -0.39 is 0 Å². The number of carbonyl (C=O) groups excluding carboxylic acids is 2. The third-order valence-electron chi connectivity index (χ3n) is 3.68. The summed E-state index contributed by atoms with van der Waals surface area (Å²) < 4.78 is 5.29. The molecular formula is C18H24N2O3. The van der Waals surface area contributed by atoms with Crippen LogP contribution in [-0.2, 0) is 16.1 Å². The standard InChI is InChI=1S/C18H24N2O3/c1-13(2)9-17(21)19-10-14-3-5-16(6-4-14)18(22)20-11-15-7-8-23-12-15/h3-6,9,15H,7-8,10-12H2,1-2H3,(H,19,21)(H,20,22). The Bertz CT molecular complexity index is 568. The Hall–Kier alpha value is -2.14. The van der Waals surface area contributed by atoms with E-state index in [2.05, 4.69) is 10.6 Å². The molecule has 1 atom stereocenters. The van der Waals surface area contributed by atoms with Crippen LogP contribution in [0.4, 0.5) is 0 Å². The number of hydrogen-bond donors (Lipinski definition) is 2. The number of hydrogen-bond acceptors (Lipinski definition) is 3. The van der Waals surface area contributed by atoms with Crippen LogP contribution in [0.2, 0.25) is 0 Å². The normalized spacial score (nSPS) is 16.7. The molecule has 1 fully saturated rings. The van der Waals surface area contributed by atoms with Gasteiger partial charge in [-0.2, -0.15) is 0 Å². The van der Waals surface area contributed by atoms with Gasteiger partial charge in [-0.05, 0) is 38.0 Å². The second kappa shape index (κ2) is 8.48. The molecule has 2 N–H and O–H groups in total. The van der Waals surface area contributed by atoms with Gasteiger partial charge in [-0.15, -0.1) is 0 Å². The Morgan fingerprint density at radius 2 is 1.96 bits per heavy atom. The average molecular weight is 316 g/mol. The first-order valence-corrected chi connectivity index (χ1v) is 7.92. The van der Waals surface area contributed by atoms with E-state index >= 15 is 0 Å². The van der Waals surface area contributed by atoms with E-state index in [9.17, 15) is 9.59 Å². The van der Waals surface area contributed by atoms with Crippen molar-refractivity contribution in [3.8, 4) is 0 Å². The molecule has 1 heterocycles. The quantitative estimate of drug-likeness (QED) is 0.789. The Labute approximate surface area is 137 Å². The van der Waals surface area contributed by atoms with Crippen LogP contribution in [0, 0.1) is 5.92 Å². The second-order valence-corrected chi connectivity index (χ2v) is 6.08. The molecule has 2 rings (SSSR count). The number of allylic oxidation sites excluding steroid dienone is 1. The molecule has 1 unspecified atom stereocenters. The number of benzene rings is 1. The molecule has 1 aliphatic heterocycles. The topological polar surface area (TPSA) is 67.4 Å². The van der Waals surface area contributed by atoms with Gasteiger partial charge in [0.25, 0.3) is 5.91 Å². The first-order valence-electron chi connectivity index (χ1n) is 7.92. The fourth-order valence-corrected chi connectivity index (χ4v) is 2.36. The lowest BCUT2D eigenvalue weighted by Crippen LogP contribution is -2.29. The molecule has 5 heteroatoms. The minimum absolute atomic E-state index is 0.0722. The average Bonchev–Trinajstić information content (AvgIpc) is 3.04. The van der Waals surface area contributed by atoms with Crippen molar-refractivity contribution < 1.29 is 14.3 Å². The number of amides is 2. The van der Waals surface area contributed by atoms with E-state index in [1.165, 1.54) is 0 Å². The zero-order valence-corrected chi connectivity index (χ0v) is 13.7. The molecule has 1 saturated heterocycles. The molecule has 124 valence electrons. The number of rotatable bonds is 6. The van der Waals surface area contributed by atoms with E-state index in [-0.39, 0.29) is 11.8 Å². The highest BCUT2D eigenvalue weighted by Crippen LogP contribution is 2.11. The van der Waals surface area contributed by atoms with Crippen molar-refractivity contribution in [2.75, 3.05) is 19.8 Å². The molecule has 1 aliphatic rings. The summed E-state index contributed by atoms with van der Waals surface area (Å²) in [6.45, 7) is 6.37. The maximum Gasteiger partial charge on any atom is 0.251 e. The van der Waals surface area contributed by atoms with E-state index in [1.807, 2.05) is 26.0 Å². The Balaban J connectivity index is 1.80. The van der Waals surface area contributed by atoms with Gasteiger partial charge >= 0.3 is 0 Å². The van der Waals surface area contributed by atoms with E-state index in [1.54, 1.807) is 18.2 Å². The van der Waals surface area contributed by atoms with Crippen LogP contribution in [0.25, 0.3) is 0 Å². The first kappa shape index (κ1) is 17.2. The molecule has 0 aromatic heterocycles. The third kappa shape index (κ3) is 5.87. The van der Waals surface area contributed by atoms with E-state index in [0.717, 1.165) is 30.8 Å². The van der Waals surface area contributed by atoms with Crippen molar-refractivity contribution in [1.82, 2.24) is 10.6 Å². The van der Waals surface area contributed by atoms with Crippen molar-refractivity contribution in [3.05, 3.63) is 47.0 Å². The predicted octanol–water partition coefficient (Wildman–Crippen LogP) is 2.04. The largest absolute Gasteiger partial charge is 0.381 e. The number of nitrogens with one attached hydrogen (secondary N) is 2. The van der Waals surface area contributed by atoms with Gasteiger partial charge in [-0.25, -0.2) is 0 Å². The Morgan fingerprint density at radius 3 is 2.57 bits per heavy atom. The molecule has 23 heavy (non-hydrogen) atoms. The zero-order valence-electron chi connectivity index (χ0n) is 13.7. The number of carbonyl (C=O) groups is 2. The smallest absolute Gasteiger partial charge is 0.251 e. The molecule has 0 radical (unpaired) electrons. The molecular weight excluding hydrogens is 292 g/mol. The van der Waals surface area contributed by atoms with Crippen LogP contribution in [0.1, 0.15) is 36.2 Å². The van der Waals surface area contributed by atoms with Crippen LogP contribution in [0.15, 0.2) is 35.9 Å². The van der Waals surface area contributed by atoms with Crippen LogP contribution in [-0.4, -0.2) is 31.6 Å². The summed E-state index contributed by atoms with van der Waals surface area (Å²) in [7, 11) is 0. The SMILES string of the molecule is CC(C)=CC(=O)NCc1ccc(C(=O)NCC2CCOC2)cc1. The van der Waals surface area contributed by atoms with Crippen LogP contribution in [0.5, 0.6) is 0 Å². The van der Waals surface area contributed by atoms with Crippen LogP contribution < -0.4 is 10.6 Å². The Morgan fingerprint density at radius 1 is 1.22 bits per heavy atom. The molecule has 5 nitrogen and oxygen atoms in total. The second-order valence-electron chi connectivity index (χ2n) is 6.08. The predicted molar refractivity (Wildman–Crippen MR) is 89.0 cm³/mol. The van der Waals surface area contributed by atoms with Gasteiger partial charge in [0.1, 0.15) is 0 Å². The van der Waals surface area contributed by atoms with Crippen molar-refractivity contribution in [3.63, 3.8) is 0 Å². The van der Waals surface area contributed by atoms with Crippen LogP contribution in [0.3, 0.4) is 0 Å². The summed E-state index contributed by atoms with van der Waals surface area (Å²) in [5.41, 5.74) is 2.55. The molecule has 0 bridgehead atoms. The zero-order chi connectivity index (χ0) is 16.7.